The molecule has 1 aliphatic rings. The Bertz CT molecular complexity index is 994. The average Bonchev–Trinajstić information content (AvgIpc) is 3.28. The molecule has 1 aliphatic heterocycles. The van der Waals surface area contributed by atoms with Crippen LogP contribution in [0.15, 0.2) is 78.9 Å². The highest BCUT2D eigenvalue weighted by Crippen LogP contribution is 2.42. The third-order valence-corrected chi connectivity index (χ3v) is 6.25. The van der Waals surface area contributed by atoms with Crippen LogP contribution in [0, 0.1) is 0 Å². The summed E-state index contributed by atoms with van der Waals surface area (Å²) in [6.45, 7) is 0.913. The number of ether oxygens (including phenoxy) is 5. The quantitative estimate of drug-likeness (QED) is 0.407. The monoisotopic (exact) mass is 479 g/mol. The lowest BCUT2D eigenvalue weighted by Gasteiger charge is -2.37. The minimum absolute atomic E-state index is 0.149. The highest BCUT2D eigenvalue weighted by molar-refractivity contribution is 5.49. The van der Waals surface area contributed by atoms with Crippen LogP contribution >= 0.6 is 0 Å². The number of methoxy groups -OCH3 is 2. The number of benzene rings is 3. The van der Waals surface area contributed by atoms with E-state index in [9.17, 15) is 5.11 Å². The van der Waals surface area contributed by atoms with E-state index in [1.54, 1.807) is 14.2 Å². The van der Waals surface area contributed by atoms with Crippen LogP contribution in [0.5, 0.6) is 11.5 Å². The Balaban J connectivity index is 1.75. The molecule has 3 aromatic rings. The predicted molar refractivity (Wildman–Crippen MR) is 133 cm³/mol. The van der Waals surface area contributed by atoms with E-state index in [-0.39, 0.29) is 6.61 Å². The van der Waals surface area contributed by atoms with Gasteiger partial charge >= 0.3 is 0 Å². The van der Waals surface area contributed by atoms with Crippen molar-refractivity contribution in [3.05, 3.63) is 95.6 Å². The molecule has 0 amide bonds. The third-order valence-electron chi connectivity index (χ3n) is 6.25. The average molecular weight is 480 g/mol. The molecule has 0 radical (unpaired) electrons. The normalized spacial score (nSPS) is 20.1. The Morgan fingerprint density at radius 1 is 0.857 bits per heavy atom. The molecular formula is C28H33NO6. The first-order valence-corrected chi connectivity index (χ1v) is 11.7. The molecule has 186 valence electrons. The van der Waals surface area contributed by atoms with Gasteiger partial charge in [0.1, 0.15) is 23.2 Å². The van der Waals surface area contributed by atoms with Gasteiger partial charge in [-0.15, -0.1) is 0 Å². The van der Waals surface area contributed by atoms with Crippen molar-refractivity contribution in [3.8, 4) is 11.5 Å². The molecule has 7 heteroatoms. The van der Waals surface area contributed by atoms with Gasteiger partial charge in [0.05, 0.1) is 33.5 Å². The number of nitrogens with two attached hydrogens (primary N) is 1. The van der Waals surface area contributed by atoms with Crippen molar-refractivity contribution in [2.45, 2.75) is 30.5 Å². The van der Waals surface area contributed by atoms with E-state index < -0.39 is 24.1 Å². The predicted octanol–water partition coefficient (Wildman–Crippen LogP) is 3.46. The Hall–Kier alpha value is -2.94. The highest BCUT2D eigenvalue weighted by Gasteiger charge is 2.41. The Kier molecular flexibility index (Phi) is 8.38. The van der Waals surface area contributed by atoms with Crippen molar-refractivity contribution >= 4 is 0 Å². The SMILES string of the molecule is COc1ccc(C(OC[C@H]2O[C@H](OCCN)C[C@@H]2O)(c2ccccc2)c2ccc(OC)cc2)cc1. The molecule has 1 saturated heterocycles. The summed E-state index contributed by atoms with van der Waals surface area (Å²) in [6.07, 6.45) is -1.39. The van der Waals surface area contributed by atoms with Gasteiger partial charge in [-0.3, -0.25) is 0 Å². The van der Waals surface area contributed by atoms with Crippen molar-refractivity contribution < 1.29 is 28.8 Å². The lowest BCUT2D eigenvalue weighted by Crippen LogP contribution is -2.38. The molecule has 0 aromatic heterocycles. The first kappa shape index (κ1) is 25.2. The fraction of sp³-hybridized carbons (Fsp3) is 0.357. The van der Waals surface area contributed by atoms with Crippen molar-refractivity contribution in [3.63, 3.8) is 0 Å². The van der Waals surface area contributed by atoms with Gasteiger partial charge in [-0.2, -0.15) is 0 Å². The number of rotatable bonds is 11. The van der Waals surface area contributed by atoms with E-state index in [1.807, 2.05) is 78.9 Å². The Morgan fingerprint density at radius 2 is 1.40 bits per heavy atom. The van der Waals surface area contributed by atoms with Gasteiger partial charge in [-0.25, -0.2) is 0 Å². The molecule has 0 aliphatic carbocycles. The fourth-order valence-corrected chi connectivity index (χ4v) is 4.43. The topological polar surface area (TPSA) is 92.4 Å². The van der Waals surface area contributed by atoms with Crippen LogP contribution < -0.4 is 15.2 Å². The van der Waals surface area contributed by atoms with Gasteiger partial charge < -0.3 is 34.5 Å². The van der Waals surface area contributed by atoms with Crippen LogP contribution in [-0.2, 0) is 19.8 Å². The summed E-state index contributed by atoms with van der Waals surface area (Å²) in [7, 11) is 3.28. The van der Waals surface area contributed by atoms with Crippen LogP contribution in [0.3, 0.4) is 0 Å². The maximum Gasteiger partial charge on any atom is 0.160 e. The first-order chi connectivity index (χ1) is 17.1. The Labute approximate surface area is 206 Å². The fourth-order valence-electron chi connectivity index (χ4n) is 4.43. The summed E-state index contributed by atoms with van der Waals surface area (Å²) in [5, 5.41) is 10.7. The summed E-state index contributed by atoms with van der Waals surface area (Å²) >= 11 is 0. The minimum Gasteiger partial charge on any atom is -0.497 e. The Morgan fingerprint density at radius 3 is 1.91 bits per heavy atom. The molecule has 7 nitrogen and oxygen atoms in total. The molecule has 1 fully saturated rings. The lowest BCUT2D eigenvalue weighted by atomic mass is 9.80. The largest absolute Gasteiger partial charge is 0.497 e. The zero-order chi connectivity index (χ0) is 24.7. The van der Waals surface area contributed by atoms with E-state index in [4.69, 9.17) is 29.4 Å². The van der Waals surface area contributed by atoms with Crippen molar-refractivity contribution in [1.29, 1.82) is 0 Å². The standard InChI is InChI=1S/C28H33NO6/c1-31-23-12-8-21(9-13-23)28(20-6-4-3-5-7-20,22-10-14-24(32-2)15-11-22)34-19-26-25(30)18-27(35-26)33-17-16-29/h3-15,25-27,30H,16-19,29H2,1-2H3/t25-,26+,27-/m0/s1. The number of aliphatic hydroxyl groups excluding tert-OH is 1. The molecule has 3 aromatic carbocycles. The maximum atomic E-state index is 10.7. The zero-order valence-corrected chi connectivity index (χ0v) is 20.1. The molecule has 1 heterocycles. The van der Waals surface area contributed by atoms with Gasteiger partial charge in [0.15, 0.2) is 6.29 Å². The molecule has 3 N–H and O–H groups in total. The van der Waals surface area contributed by atoms with Gasteiger partial charge in [-0.1, -0.05) is 54.6 Å². The molecule has 0 spiro atoms. The number of hydrogen-bond donors (Lipinski definition) is 2. The van der Waals surface area contributed by atoms with E-state index in [1.165, 1.54) is 0 Å². The van der Waals surface area contributed by atoms with Crippen molar-refractivity contribution in [2.75, 3.05) is 34.0 Å². The summed E-state index contributed by atoms with van der Waals surface area (Å²) in [5.41, 5.74) is 7.34. The lowest BCUT2D eigenvalue weighted by molar-refractivity contribution is -0.155. The van der Waals surface area contributed by atoms with Crippen LogP contribution in [0.1, 0.15) is 23.1 Å². The maximum absolute atomic E-state index is 10.7. The molecule has 0 saturated carbocycles. The minimum atomic E-state index is -0.973. The van der Waals surface area contributed by atoms with E-state index >= 15 is 0 Å². The molecule has 4 rings (SSSR count). The van der Waals surface area contributed by atoms with Crippen LogP contribution in [0.2, 0.25) is 0 Å². The van der Waals surface area contributed by atoms with E-state index in [0.29, 0.717) is 19.6 Å². The van der Waals surface area contributed by atoms with E-state index in [0.717, 1.165) is 28.2 Å². The summed E-state index contributed by atoms with van der Waals surface area (Å²) in [6, 6.07) is 25.6. The molecule has 3 atom stereocenters. The van der Waals surface area contributed by atoms with Gasteiger partial charge in [0, 0.05) is 13.0 Å². The number of aliphatic hydroxyl groups is 1. The summed E-state index contributed by atoms with van der Waals surface area (Å²) in [5.74, 6) is 1.50. The molecule has 0 bridgehead atoms. The van der Waals surface area contributed by atoms with Gasteiger partial charge in [0.2, 0.25) is 0 Å². The number of hydrogen-bond acceptors (Lipinski definition) is 7. The van der Waals surface area contributed by atoms with Crippen LogP contribution in [0.25, 0.3) is 0 Å². The van der Waals surface area contributed by atoms with Gasteiger partial charge in [-0.05, 0) is 41.0 Å². The van der Waals surface area contributed by atoms with E-state index in [2.05, 4.69) is 0 Å². The second-order valence-electron chi connectivity index (χ2n) is 8.38. The molecule has 0 unspecified atom stereocenters. The van der Waals surface area contributed by atoms with Crippen molar-refractivity contribution in [1.82, 2.24) is 0 Å². The summed E-state index contributed by atoms with van der Waals surface area (Å²) < 4.78 is 29.1. The molecule has 35 heavy (non-hydrogen) atoms. The van der Waals surface area contributed by atoms with Crippen LogP contribution in [0.4, 0.5) is 0 Å². The van der Waals surface area contributed by atoms with Gasteiger partial charge in [0.25, 0.3) is 0 Å². The second-order valence-corrected chi connectivity index (χ2v) is 8.38. The third kappa shape index (κ3) is 5.50. The summed E-state index contributed by atoms with van der Waals surface area (Å²) in [4.78, 5) is 0. The highest BCUT2D eigenvalue weighted by atomic mass is 16.7. The second kappa shape index (κ2) is 11.7. The first-order valence-electron chi connectivity index (χ1n) is 11.7. The van der Waals surface area contributed by atoms with Crippen LogP contribution in [-0.4, -0.2) is 57.6 Å². The van der Waals surface area contributed by atoms with Crippen molar-refractivity contribution in [2.24, 2.45) is 5.73 Å². The molecular weight excluding hydrogens is 446 g/mol. The zero-order valence-electron chi connectivity index (χ0n) is 20.1. The smallest absolute Gasteiger partial charge is 0.160 e.